The summed E-state index contributed by atoms with van der Waals surface area (Å²) in [6.07, 6.45) is 3.35. The lowest BCUT2D eigenvalue weighted by Crippen LogP contribution is -2.00. The number of hydrogen-bond donors (Lipinski definition) is 2. The lowest BCUT2D eigenvalue weighted by Gasteiger charge is -2.06. The predicted octanol–water partition coefficient (Wildman–Crippen LogP) is 2.57. The van der Waals surface area contributed by atoms with Gasteiger partial charge in [0.2, 0.25) is 0 Å². The van der Waals surface area contributed by atoms with Gasteiger partial charge in [-0.15, -0.1) is 0 Å². The van der Waals surface area contributed by atoms with Crippen molar-refractivity contribution in [2.75, 3.05) is 0 Å². The van der Waals surface area contributed by atoms with Gasteiger partial charge < -0.3 is 10.1 Å². The molecular weight excluding hydrogens is 224 g/mol. The van der Waals surface area contributed by atoms with Crippen molar-refractivity contribution in [3.8, 4) is 0 Å². The van der Waals surface area contributed by atoms with Gasteiger partial charge in [0, 0.05) is 17.3 Å². The first kappa shape index (κ1) is 10.8. The van der Waals surface area contributed by atoms with Crippen molar-refractivity contribution < 1.29 is 9.90 Å². The molecule has 5 heteroatoms. The van der Waals surface area contributed by atoms with E-state index >= 15 is 0 Å². The number of aromatic amines is 1. The number of hydrogen-bond acceptors (Lipinski definition) is 3. The highest BCUT2D eigenvalue weighted by molar-refractivity contribution is 7.99. The fourth-order valence-electron chi connectivity index (χ4n) is 1.36. The van der Waals surface area contributed by atoms with E-state index in [1.54, 1.807) is 24.5 Å². The summed E-state index contributed by atoms with van der Waals surface area (Å²) in [6.45, 7) is 1.89. The van der Waals surface area contributed by atoms with Crippen molar-refractivity contribution in [3.63, 3.8) is 0 Å². The Morgan fingerprint density at radius 3 is 2.94 bits per heavy atom. The minimum absolute atomic E-state index is 0.307. The van der Waals surface area contributed by atoms with Gasteiger partial charge in [0.25, 0.3) is 0 Å². The number of carbonyl (C=O) groups is 1. The third kappa shape index (κ3) is 2.09. The molecule has 1 heterocycles. The number of H-pyrrole nitrogens is 1. The van der Waals surface area contributed by atoms with Crippen LogP contribution < -0.4 is 0 Å². The Balaban J connectivity index is 2.42. The average Bonchev–Trinajstić information content (AvgIpc) is 2.73. The number of aryl methyl sites for hydroxylation is 1. The molecule has 0 amide bonds. The maximum atomic E-state index is 11.1. The lowest BCUT2D eigenvalue weighted by molar-refractivity contribution is 0.0693. The van der Waals surface area contributed by atoms with Gasteiger partial charge in [-0.3, -0.25) is 0 Å². The molecule has 0 unspecified atom stereocenters. The van der Waals surface area contributed by atoms with Crippen molar-refractivity contribution in [2.45, 2.75) is 17.0 Å². The van der Waals surface area contributed by atoms with Crippen molar-refractivity contribution in [3.05, 3.63) is 41.7 Å². The predicted molar refractivity (Wildman–Crippen MR) is 60.8 cm³/mol. The van der Waals surface area contributed by atoms with E-state index in [0.717, 1.165) is 10.5 Å². The minimum atomic E-state index is -0.919. The van der Waals surface area contributed by atoms with Gasteiger partial charge >= 0.3 is 5.97 Å². The van der Waals surface area contributed by atoms with Crippen LogP contribution >= 0.6 is 11.8 Å². The average molecular weight is 234 g/mol. The zero-order valence-corrected chi connectivity index (χ0v) is 9.41. The molecule has 2 N–H and O–H groups in total. The fourth-order valence-corrected chi connectivity index (χ4v) is 2.29. The van der Waals surface area contributed by atoms with Crippen LogP contribution in [0.5, 0.6) is 0 Å². The van der Waals surface area contributed by atoms with Crippen LogP contribution in [0.25, 0.3) is 0 Å². The summed E-state index contributed by atoms with van der Waals surface area (Å²) in [7, 11) is 0. The third-order valence-electron chi connectivity index (χ3n) is 2.11. The molecule has 0 spiro atoms. The molecule has 4 nitrogen and oxygen atoms in total. The number of nitrogens with one attached hydrogen (secondary N) is 1. The van der Waals surface area contributed by atoms with Crippen LogP contribution in [-0.2, 0) is 0 Å². The van der Waals surface area contributed by atoms with Crippen LogP contribution in [0.3, 0.4) is 0 Å². The van der Waals surface area contributed by atoms with E-state index in [-0.39, 0.29) is 0 Å². The summed E-state index contributed by atoms with van der Waals surface area (Å²) >= 11 is 1.33. The molecule has 0 aliphatic rings. The van der Waals surface area contributed by atoms with E-state index in [9.17, 15) is 4.79 Å². The number of imidazole rings is 1. The topological polar surface area (TPSA) is 66.0 Å². The van der Waals surface area contributed by atoms with E-state index in [2.05, 4.69) is 9.97 Å². The van der Waals surface area contributed by atoms with E-state index in [1.165, 1.54) is 11.8 Å². The number of aromatic carboxylic acids is 1. The summed E-state index contributed by atoms with van der Waals surface area (Å²) in [4.78, 5) is 18.8. The zero-order chi connectivity index (χ0) is 11.5. The van der Waals surface area contributed by atoms with Gasteiger partial charge in [-0.2, -0.15) is 0 Å². The van der Waals surface area contributed by atoms with E-state index in [4.69, 9.17) is 5.11 Å². The largest absolute Gasteiger partial charge is 0.478 e. The second-order valence-corrected chi connectivity index (χ2v) is 4.25. The molecule has 2 rings (SSSR count). The molecule has 0 atom stereocenters. The molecule has 0 saturated heterocycles. The Kier molecular flexibility index (Phi) is 2.96. The first-order chi connectivity index (χ1) is 7.68. The number of nitrogens with zero attached hydrogens (tertiary/aromatic N) is 1. The van der Waals surface area contributed by atoms with Gasteiger partial charge in [-0.25, -0.2) is 9.78 Å². The maximum Gasteiger partial charge on any atom is 0.336 e. The maximum absolute atomic E-state index is 11.1. The molecule has 0 aliphatic heterocycles. The first-order valence-electron chi connectivity index (χ1n) is 4.68. The monoisotopic (exact) mass is 234 g/mol. The van der Waals surface area contributed by atoms with Crippen molar-refractivity contribution in [2.24, 2.45) is 0 Å². The number of carboxylic acids is 1. The van der Waals surface area contributed by atoms with Gasteiger partial charge in [-0.1, -0.05) is 23.9 Å². The number of carboxylic acid groups (broad SMARTS) is 1. The molecule has 82 valence electrons. The lowest BCUT2D eigenvalue weighted by atomic mass is 10.1. The van der Waals surface area contributed by atoms with Gasteiger partial charge in [0.1, 0.15) is 0 Å². The normalized spacial score (nSPS) is 10.3. The van der Waals surface area contributed by atoms with Crippen LogP contribution in [0.4, 0.5) is 0 Å². The highest BCUT2D eigenvalue weighted by Gasteiger charge is 2.13. The molecule has 0 saturated carbocycles. The standard InChI is InChI=1S/C11H10N2O2S/c1-7-3-2-4-8(10(14)15)9(7)16-11-12-5-6-13-11/h2-6H,1H3,(H,12,13)(H,14,15). The summed E-state index contributed by atoms with van der Waals surface area (Å²) in [5.74, 6) is -0.919. The minimum Gasteiger partial charge on any atom is -0.478 e. The molecule has 0 bridgehead atoms. The summed E-state index contributed by atoms with van der Waals surface area (Å²) in [6, 6.07) is 5.23. The molecule has 0 radical (unpaired) electrons. The van der Waals surface area contributed by atoms with Gasteiger partial charge in [0.15, 0.2) is 5.16 Å². The van der Waals surface area contributed by atoms with Crippen LogP contribution in [0.15, 0.2) is 40.6 Å². The summed E-state index contributed by atoms with van der Waals surface area (Å²) < 4.78 is 0. The SMILES string of the molecule is Cc1cccc(C(=O)O)c1Sc1ncc[nH]1. The molecule has 0 fully saturated rings. The molecule has 16 heavy (non-hydrogen) atoms. The fraction of sp³-hybridized carbons (Fsp3) is 0.0909. The van der Waals surface area contributed by atoms with Gasteiger partial charge in [0.05, 0.1) is 5.56 Å². The van der Waals surface area contributed by atoms with E-state index < -0.39 is 5.97 Å². The smallest absolute Gasteiger partial charge is 0.336 e. The Morgan fingerprint density at radius 1 is 1.50 bits per heavy atom. The summed E-state index contributed by atoms with van der Waals surface area (Å²) in [5, 5.41) is 9.77. The van der Waals surface area contributed by atoms with E-state index in [0.29, 0.717) is 10.7 Å². The molecule has 1 aromatic heterocycles. The van der Waals surface area contributed by atoms with Crippen molar-refractivity contribution in [1.82, 2.24) is 9.97 Å². The highest BCUT2D eigenvalue weighted by atomic mass is 32.2. The molecule has 1 aromatic carbocycles. The first-order valence-corrected chi connectivity index (χ1v) is 5.50. The van der Waals surface area contributed by atoms with Gasteiger partial charge in [-0.05, 0) is 18.6 Å². The number of benzene rings is 1. The van der Waals surface area contributed by atoms with Crippen LogP contribution in [0.2, 0.25) is 0 Å². The van der Waals surface area contributed by atoms with Crippen LogP contribution in [0, 0.1) is 6.92 Å². The van der Waals surface area contributed by atoms with Crippen LogP contribution in [-0.4, -0.2) is 21.0 Å². The number of rotatable bonds is 3. The Bertz CT molecular complexity index is 509. The number of aromatic nitrogens is 2. The third-order valence-corrected chi connectivity index (χ3v) is 3.28. The molecule has 2 aromatic rings. The highest BCUT2D eigenvalue weighted by Crippen LogP contribution is 2.30. The van der Waals surface area contributed by atoms with Crippen LogP contribution in [0.1, 0.15) is 15.9 Å². The van der Waals surface area contributed by atoms with Crippen molar-refractivity contribution >= 4 is 17.7 Å². The zero-order valence-electron chi connectivity index (χ0n) is 8.60. The van der Waals surface area contributed by atoms with E-state index in [1.807, 2.05) is 13.0 Å². The Labute approximate surface area is 96.7 Å². The Morgan fingerprint density at radius 2 is 2.31 bits per heavy atom. The quantitative estimate of drug-likeness (QED) is 0.856. The second-order valence-electron chi connectivity index (χ2n) is 3.25. The second kappa shape index (κ2) is 4.40. The molecule has 0 aliphatic carbocycles. The summed E-state index contributed by atoms with van der Waals surface area (Å²) in [5.41, 5.74) is 1.24. The van der Waals surface area contributed by atoms with Crippen molar-refractivity contribution in [1.29, 1.82) is 0 Å². The Hall–Kier alpha value is -1.75. The molecular formula is C11H10N2O2S.